The third-order valence-electron chi connectivity index (χ3n) is 2.62. The molecular formula is C13H12KNO5S. The Balaban J connectivity index is 0.00000220. The van der Waals surface area contributed by atoms with Crippen molar-refractivity contribution in [3.63, 3.8) is 0 Å². The van der Waals surface area contributed by atoms with Gasteiger partial charge in [-0.1, -0.05) is 30.3 Å². The Kier molecular flexibility index (Phi) is 7.44. The van der Waals surface area contributed by atoms with E-state index in [2.05, 4.69) is 9.18 Å². The predicted octanol–water partition coefficient (Wildman–Crippen LogP) is -1.55. The van der Waals surface area contributed by atoms with Crippen molar-refractivity contribution in [2.45, 2.75) is 0 Å². The second kappa shape index (κ2) is 8.35. The van der Waals surface area contributed by atoms with Gasteiger partial charge in [0, 0.05) is 11.8 Å². The molecule has 0 atom stereocenters. The summed E-state index contributed by atoms with van der Waals surface area (Å²) >= 11 is 0. The monoisotopic (exact) mass is 333 g/mol. The fraction of sp³-hybridized carbons (Fsp3) is 0.154. The van der Waals surface area contributed by atoms with Crippen LogP contribution in [0.3, 0.4) is 0 Å². The fourth-order valence-electron chi connectivity index (χ4n) is 1.77. The Morgan fingerprint density at radius 3 is 2.67 bits per heavy atom. The molecular weight excluding hydrogens is 321 g/mol. The van der Waals surface area contributed by atoms with E-state index in [1.165, 1.54) is 6.21 Å². The summed E-state index contributed by atoms with van der Waals surface area (Å²) in [5.41, 5.74) is 0.535. The third-order valence-corrected chi connectivity index (χ3v) is 3.07. The smallest absolute Gasteiger partial charge is 0.726 e. The van der Waals surface area contributed by atoms with Gasteiger partial charge in [0.2, 0.25) is 10.4 Å². The molecule has 2 aromatic carbocycles. The van der Waals surface area contributed by atoms with Gasteiger partial charge in [-0.3, -0.25) is 9.18 Å². The van der Waals surface area contributed by atoms with Gasteiger partial charge in [-0.2, -0.15) is 0 Å². The Bertz CT molecular complexity index is 745. The maximum atomic E-state index is 10.2. The van der Waals surface area contributed by atoms with E-state index in [-0.39, 0.29) is 70.3 Å². The van der Waals surface area contributed by atoms with Gasteiger partial charge in [0.15, 0.2) is 0 Å². The van der Waals surface area contributed by atoms with E-state index in [0.29, 0.717) is 5.56 Å². The minimum atomic E-state index is -4.69. The molecule has 0 radical (unpaired) electrons. The molecule has 1 N–H and O–H groups in total. The molecule has 0 heterocycles. The van der Waals surface area contributed by atoms with Crippen molar-refractivity contribution in [3.05, 3.63) is 42.0 Å². The summed E-state index contributed by atoms with van der Waals surface area (Å²) in [4.78, 5) is 3.94. The van der Waals surface area contributed by atoms with E-state index in [1.807, 2.05) is 24.3 Å². The van der Waals surface area contributed by atoms with Gasteiger partial charge >= 0.3 is 51.4 Å². The number of fused-ring (bicyclic) bond motifs is 1. The van der Waals surface area contributed by atoms with Crippen molar-refractivity contribution in [1.82, 2.24) is 0 Å². The first-order chi connectivity index (χ1) is 9.47. The van der Waals surface area contributed by atoms with Gasteiger partial charge in [0.05, 0.1) is 13.2 Å². The van der Waals surface area contributed by atoms with Gasteiger partial charge in [-0.15, -0.1) is 0 Å². The van der Waals surface area contributed by atoms with Crippen LogP contribution in [-0.2, 0) is 14.6 Å². The minimum absolute atomic E-state index is 0. The fourth-order valence-corrected chi connectivity index (χ4v) is 2.05. The first-order valence-electron chi connectivity index (χ1n) is 5.78. The molecule has 2 aromatic rings. The standard InChI is InChI=1S/C13H13NO5S.K/c15-13-6-5-10-3-1-2-4-11(10)12(13)9-14-7-8-19-20(16,17)18;/h1-6,9,15H,7-8H2,(H,16,17,18);/q;+1/p-1. The predicted molar refractivity (Wildman–Crippen MR) is 73.7 cm³/mol. The quantitative estimate of drug-likeness (QED) is 0.235. The van der Waals surface area contributed by atoms with Gasteiger partial charge < -0.3 is 9.66 Å². The Hall–Kier alpha value is -0.324. The van der Waals surface area contributed by atoms with Gasteiger partial charge in [0.25, 0.3) is 0 Å². The number of hydrogen-bond donors (Lipinski definition) is 1. The molecule has 0 spiro atoms. The van der Waals surface area contributed by atoms with Crippen LogP contribution in [0.4, 0.5) is 0 Å². The average molecular weight is 333 g/mol. The van der Waals surface area contributed by atoms with Crippen LogP contribution in [0.2, 0.25) is 0 Å². The number of benzene rings is 2. The van der Waals surface area contributed by atoms with Crippen LogP contribution >= 0.6 is 0 Å². The molecule has 21 heavy (non-hydrogen) atoms. The maximum absolute atomic E-state index is 10.2. The number of rotatable bonds is 5. The SMILES string of the molecule is O=S(=O)([O-])OCCN=Cc1c(O)ccc2ccccc12.[K+]. The molecule has 6 nitrogen and oxygen atoms in total. The zero-order valence-corrected chi connectivity index (χ0v) is 15.3. The molecule has 106 valence electrons. The summed E-state index contributed by atoms with van der Waals surface area (Å²) in [6.07, 6.45) is 1.43. The van der Waals surface area contributed by atoms with Crippen molar-refractivity contribution in [2.75, 3.05) is 13.2 Å². The van der Waals surface area contributed by atoms with Crippen molar-refractivity contribution in [3.8, 4) is 5.75 Å². The summed E-state index contributed by atoms with van der Waals surface area (Å²) in [5, 5.41) is 11.6. The molecule has 0 aliphatic heterocycles. The molecule has 0 fully saturated rings. The summed E-state index contributed by atoms with van der Waals surface area (Å²) in [6, 6.07) is 10.8. The summed E-state index contributed by atoms with van der Waals surface area (Å²) in [5.74, 6) is 0.0739. The number of hydrogen-bond acceptors (Lipinski definition) is 6. The topological polar surface area (TPSA) is 99.0 Å². The second-order valence-corrected chi connectivity index (χ2v) is 5.04. The van der Waals surface area contributed by atoms with Crippen molar-refractivity contribution in [2.24, 2.45) is 4.99 Å². The largest absolute Gasteiger partial charge is 1.00 e. The van der Waals surface area contributed by atoms with Crippen LogP contribution in [0.5, 0.6) is 5.75 Å². The molecule has 0 aromatic heterocycles. The molecule has 0 aliphatic rings. The molecule has 0 saturated carbocycles. The van der Waals surface area contributed by atoms with Gasteiger partial charge in [-0.25, -0.2) is 8.42 Å². The normalized spacial score (nSPS) is 11.7. The zero-order chi connectivity index (χ0) is 14.6. The van der Waals surface area contributed by atoms with E-state index < -0.39 is 10.4 Å². The second-order valence-electron chi connectivity index (χ2n) is 3.99. The number of nitrogens with zero attached hydrogens (tertiary/aromatic N) is 1. The van der Waals surface area contributed by atoms with Crippen molar-refractivity contribution >= 4 is 27.4 Å². The summed E-state index contributed by atoms with van der Waals surface area (Å²) in [6.45, 7) is -0.321. The molecule has 0 aliphatic carbocycles. The van der Waals surface area contributed by atoms with Gasteiger partial charge in [-0.05, 0) is 16.8 Å². The van der Waals surface area contributed by atoms with E-state index in [9.17, 15) is 18.1 Å². The first kappa shape index (κ1) is 18.7. The molecule has 0 amide bonds. The molecule has 0 saturated heterocycles. The van der Waals surface area contributed by atoms with E-state index in [0.717, 1.165) is 10.8 Å². The molecule has 2 rings (SSSR count). The van der Waals surface area contributed by atoms with Gasteiger partial charge in [0.1, 0.15) is 5.75 Å². The minimum Gasteiger partial charge on any atom is -0.726 e. The van der Waals surface area contributed by atoms with Crippen LogP contribution < -0.4 is 51.4 Å². The number of phenols is 1. The third kappa shape index (κ3) is 5.76. The number of phenolic OH excluding ortho intramolecular Hbond substituents is 1. The molecule has 0 bridgehead atoms. The summed E-state index contributed by atoms with van der Waals surface area (Å²) in [7, 11) is -4.69. The molecule has 8 heteroatoms. The maximum Gasteiger partial charge on any atom is 1.00 e. The van der Waals surface area contributed by atoms with Crippen molar-refractivity contribution < 1.29 is 73.6 Å². The zero-order valence-electron chi connectivity index (χ0n) is 11.4. The van der Waals surface area contributed by atoms with E-state index >= 15 is 0 Å². The Morgan fingerprint density at radius 1 is 1.24 bits per heavy atom. The molecule has 0 unspecified atom stereocenters. The van der Waals surface area contributed by atoms with Crippen LogP contribution in [0.15, 0.2) is 41.4 Å². The summed E-state index contributed by atoms with van der Waals surface area (Å²) < 4.78 is 34.7. The Labute approximate surface area is 165 Å². The Morgan fingerprint density at radius 2 is 1.95 bits per heavy atom. The van der Waals surface area contributed by atoms with Crippen LogP contribution in [0.25, 0.3) is 10.8 Å². The van der Waals surface area contributed by atoms with Crippen molar-refractivity contribution in [1.29, 1.82) is 0 Å². The number of aliphatic imine (C=N–C) groups is 1. The van der Waals surface area contributed by atoms with E-state index in [4.69, 9.17) is 0 Å². The number of aromatic hydroxyl groups is 1. The average Bonchev–Trinajstić information content (AvgIpc) is 2.39. The van der Waals surface area contributed by atoms with Crippen LogP contribution in [0, 0.1) is 0 Å². The van der Waals surface area contributed by atoms with Crippen LogP contribution in [-0.4, -0.2) is 37.4 Å². The first-order valence-corrected chi connectivity index (χ1v) is 7.11. The van der Waals surface area contributed by atoms with E-state index in [1.54, 1.807) is 12.1 Å². The van der Waals surface area contributed by atoms with Crippen LogP contribution in [0.1, 0.15) is 5.56 Å².